The van der Waals surface area contributed by atoms with E-state index < -0.39 is 5.97 Å². The van der Waals surface area contributed by atoms with Crippen LogP contribution in [0.3, 0.4) is 0 Å². The van der Waals surface area contributed by atoms with Gasteiger partial charge in [-0.2, -0.15) is 0 Å². The number of hydrogen-bond acceptors (Lipinski definition) is 2. The summed E-state index contributed by atoms with van der Waals surface area (Å²) in [5.41, 5.74) is 11.4. The lowest BCUT2D eigenvalue weighted by molar-refractivity contribution is 0.0697. The Morgan fingerprint density at radius 1 is 1.10 bits per heavy atom. The van der Waals surface area contributed by atoms with E-state index in [0.717, 1.165) is 17.5 Å². The largest absolute Gasteiger partial charge is 0.478 e. The molecule has 0 bridgehead atoms. The first-order chi connectivity index (χ1) is 9.65. The normalized spacial score (nSPS) is 25.9. The van der Waals surface area contributed by atoms with Gasteiger partial charge in [0.2, 0.25) is 0 Å². The predicted molar refractivity (Wildman–Crippen MR) is 76.7 cm³/mol. The number of fused-ring (bicyclic) bond motifs is 3. The topological polar surface area (TPSA) is 63.3 Å². The molecular formula is C17H15NO2. The number of aromatic carboxylic acids is 1. The third kappa shape index (κ3) is 1.60. The Morgan fingerprint density at radius 3 is 2.50 bits per heavy atom. The smallest absolute Gasteiger partial charge is 0.335 e. The van der Waals surface area contributed by atoms with Gasteiger partial charge in [-0.3, -0.25) is 0 Å². The zero-order valence-electron chi connectivity index (χ0n) is 10.9. The van der Waals surface area contributed by atoms with Gasteiger partial charge < -0.3 is 10.8 Å². The minimum absolute atomic E-state index is 0.319. The second-order valence-electron chi connectivity index (χ2n) is 5.77. The lowest BCUT2D eigenvalue weighted by Crippen LogP contribution is -2.08. The zero-order valence-corrected chi connectivity index (χ0v) is 10.9. The summed E-state index contributed by atoms with van der Waals surface area (Å²) in [6.45, 7) is 0. The lowest BCUT2D eigenvalue weighted by atomic mass is 9.97. The molecular weight excluding hydrogens is 250 g/mol. The van der Waals surface area contributed by atoms with E-state index in [1.807, 2.05) is 12.1 Å². The molecule has 2 aliphatic carbocycles. The summed E-state index contributed by atoms with van der Waals surface area (Å²) in [4.78, 5) is 10.9. The number of carboxylic acid groups (broad SMARTS) is 1. The highest BCUT2D eigenvalue weighted by atomic mass is 16.4. The molecule has 4 rings (SSSR count). The first kappa shape index (κ1) is 11.7. The SMILES string of the molecule is NC1C2Cc3ccc(-c4ccc(C(=O)O)cc4)cc3C12. The van der Waals surface area contributed by atoms with Crippen LogP contribution in [0.15, 0.2) is 42.5 Å². The van der Waals surface area contributed by atoms with Crippen LogP contribution in [0.1, 0.15) is 27.4 Å². The number of carbonyl (C=O) groups is 1. The highest BCUT2D eigenvalue weighted by Gasteiger charge is 2.53. The Bertz CT molecular complexity index is 705. The van der Waals surface area contributed by atoms with Gasteiger partial charge in [-0.15, -0.1) is 0 Å². The number of carboxylic acids is 1. The van der Waals surface area contributed by atoms with Crippen molar-refractivity contribution >= 4 is 5.97 Å². The van der Waals surface area contributed by atoms with Crippen molar-refractivity contribution in [2.45, 2.75) is 18.4 Å². The molecule has 1 fully saturated rings. The van der Waals surface area contributed by atoms with Gasteiger partial charge >= 0.3 is 5.97 Å². The monoisotopic (exact) mass is 265 g/mol. The molecule has 2 aliphatic rings. The molecule has 3 atom stereocenters. The van der Waals surface area contributed by atoms with Crippen molar-refractivity contribution in [2.24, 2.45) is 11.7 Å². The van der Waals surface area contributed by atoms with Gasteiger partial charge in [0.1, 0.15) is 0 Å². The summed E-state index contributed by atoms with van der Waals surface area (Å²) in [6, 6.07) is 13.9. The molecule has 0 radical (unpaired) electrons. The van der Waals surface area contributed by atoms with E-state index in [4.69, 9.17) is 10.8 Å². The lowest BCUT2D eigenvalue weighted by Gasteiger charge is -2.09. The summed E-state index contributed by atoms with van der Waals surface area (Å²) in [5, 5.41) is 8.93. The van der Waals surface area contributed by atoms with Crippen molar-refractivity contribution in [3.8, 4) is 11.1 Å². The Kier molecular flexibility index (Phi) is 2.30. The second kappa shape index (κ2) is 3.93. The molecule has 2 aromatic rings. The molecule has 2 aromatic carbocycles. The Labute approximate surface area is 117 Å². The Hall–Kier alpha value is -2.13. The van der Waals surface area contributed by atoms with Gasteiger partial charge in [0.05, 0.1) is 5.56 Å². The molecule has 0 amide bonds. The number of nitrogens with two attached hydrogens (primary N) is 1. The quantitative estimate of drug-likeness (QED) is 0.877. The van der Waals surface area contributed by atoms with E-state index >= 15 is 0 Å². The summed E-state index contributed by atoms with van der Waals surface area (Å²) in [6.07, 6.45) is 1.11. The molecule has 0 aromatic heterocycles. The molecule has 3 nitrogen and oxygen atoms in total. The standard InChI is InChI=1S/C17H15NO2/c18-16-14-8-12-6-5-11(7-13(12)15(14)16)9-1-3-10(4-2-9)17(19)20/h1-7,14-16H,8,18H2,(H,19,20). The van der Waals surface area contributed by atoms with Gasteiger partial charge in [0, 0.05) is 12.0 Å². The fourth-order valence-corrected chi connectivity index (χ4v) is 3.43. The third-order valence-electron chi connectivity index (χ3n) is 4.66. The molecule has 0 spiro atoms. The predicted octanol–water partition coefficient (Wildman–Crippen LogP) is 2.65. The third-order valence-corrected chi connectivity index (χ3v) is 4.66. The Balaban J connectivity index is 1.71. The zero-order chi connectivity index (χ0) is 13.9. The molecule has 3 unspecified atom stereocenters. The van der Waals surface area contributed by atoms with Crippen LogP contribution < -0.4 is 5.73 Å². The van der Waals surface area contributed by atoms with Crippen molar-refractivity contribution in [1.82, 2.24) is 0 Å². The van der Waals surface area contributed by atoms with Crippen molar-refractivity contribution in [3.05, 3.63) is 59.2 Å². The molecule has 0 saturated heterocycles. The summed E-state index contributed by atoms with van der Waals surface area (Å²) in [7, 11) is 0. The van der Waals surface area contributed by atoms with Crippen LogP contribution in [-0.4, -0.2) is 17.1 Å². The number of benzene rings is 2. The molecule has 1 saturated carbocycles. The van der Waals surface area contributed by atoms with Gasteiger partial charge in [0.25, 0.3) is 0 Å². The molecule has 100 valence electrons. The molecule has 3 heteroatoms. The highest BCUT2D eigenvalue weighted by molar-refractivity contribution is 5.88. The van der Waals surface area contributed by atoms with Crippen molar-refractivity contribution < 1.29 is 9.90 Å². The minimum atomic E-state index is -0.891. The van der Waals surface area contributed by atoms with E-state index in [-0.39, 0.29) is 0 Å². The summed E-state index contributed by atoms with van der Waals surface area (Å²) < 4.78 is 0. The molecule has 0 aliphatic heterocycles. The maximum atomic E-state index is 10.9. The number of rotatable bonds is 2. The van der Waals surface area contributed by atoms with Crippen LogP contribution >= 0.6 is 0 Å². The van der Waals surface area contributed by atoms with Gasteiger partial charge in [0.15, 0.2) is 0 Å². The maximum absolute atomic E-state index is 10.9. The summed E-state index contributed by atoms with van der Waals surface area (Å²) in [5.74, 6) is 0.301. The van der Waals surface area contributed by atoms with Crippen LogP contribution in [0.5, 0.6) is 0 Å². The van der Waals surface area contributed by atoms with Crippen LogP contribution in [-0.2, 0) is 6.42 Å². The minimum Gasteiger partial charge on any atom is -0.478 e. The van der Waals surface area contributed by atoms with Crippen LogP contribution in [0, 0.1) is 5.92 Å². The average molecular weight is 265 g/mol. The maximum Gasteiger partial charge on any atom is 0.335 e. The summed E-state index contributed by atoms with van der Waals surface area (Å²) >= 11 is 0. The van der Waals surface area contributed by atoms with Crippen molar-refractivity contribution in [1.29, 1.82) is 0 Å². The number of hydrogen-bond donors (Lipinski definition) is 2. The van der Waals surface area contributed by atoms with Crippen LogP contribution in [0.2, 0.25) is 0 Å². The molecule has 0 heterocycles. The van der Waals surface area contributed by atoms with Crippen molar-refractivity contribution in [2.75, 3.05) is 0 Å². The van der Waals surface area contributed by atoms with Gasteiger partial charge in [-0.05, 0) is 46.7 Å². The second-order valence-corrected chi connectivity index (χ2v) is 5.77. The first-order valence-corrected chi connectivity index (χ1v) is 6.87. The van der Waals surface area contributed by atoms with E-state index in [0.29, 0.717) is 23.4 Å². The first-order valence-electron chi connectivity index (χ1n) is 6.87. The van der Waals surface area contributed by atoms with Crippen LogP contribution in [0.4, 0.5) is 0 Å². The van der Waals surface area contributed by atoms with Gasteiger partial charge in [-0.25, -0.2) is 4.79 Å². The fraction of sp³-hybridized carbons (Fsp3) is 0.235. The van der Waals surface area contributed by atoms with E-state index in [9.17, 15) is 4.79 Å². The van der Waals surface area contributed by atoms with Gasteiger partial charge in [-0.1, -0.05) is 30.3 Å². The van der Waals surface area contributed by atoms with E-state index in [1.54, 1.807) is 12.1 Å². The van der Waals surface area contributed by atoms with Crippen molar-refractivity contribution in [3.63, 3.8) is 0 Å². The average Bonchev–Trinajstić information content (AvgIpc) is 2.94. The molecule has 20 heavy (non-hydrogen) atoms. The highest BCUT2D eigenvalue weighted by Crippen LogP contribution is 2.55. The van der Waals surface area contributed by atoms with Crippen LogP contribution in [0.25, 0.3) is 11.1 Å². The van der Waals surface area contributed by atoms with E-state index in [1.165, 1.54) is 11.1 Å². The Morgan fingerprint density at radius 2 is 1.80 bits per heavy atom. The van der Waals surface area contributed by atoms with E-state index in [2.05, 4.69) is 18.2 Å². The molecule has 3 N–H and O–H groups in total. The fourth-order valence-electron chi connectivity index (χ4n) is 3.43.